The molecule has 0 rings (SSSR count). The van der Waals surface area contributed by atoms with Crippen molar-refractivity contribution in [3.05, 3.63) is 31.2 Å². The molecule has 63 valence electrons. The van der Waals surface area contributed by atoms with Gasteiger partial charge in [0.2, 0.25) is 0 Å². The molecule has 0 aromatic heterocycles. The Kier molecular flexibility index (Phi) is 9.03. The van der Waals surface area contributed by atoms with Crippen LogP contribution in [0.1, 0.15) is 39.0 Å². The maximum Gasteiger partial charge on any atom is -0.0316 e. The van der Waals surface area contributed by atoms with Gasteiger partial charge in [-0.1, -0.05) is 44.1 Å². The molecule has 0 saturated carbocycles. The summed E-state index contributed by atoms with van der Waals surface area (Å²) in [5.74, 6) is 0. The standard InChI is InChI=1S/C11H19/c1-3-5-7-9-11-10-8-6-4-2/h3,5,10-11H,1,4,6-9H2,2H3/b5-3+,11-10+. The van der Waals surface area contributed by atoms with Crippen LogP contribution >= 0.6 is 0 Å². The minimum absolute atomic E-state index is 1.13. The van der Waals surface area contributed by atoms with E-state index in [0.29, 0.717) is 0 Å². The van der Waals surface area contributed by atoms with Gasteiger partial charge < -0.3 is 0 Å². The van der Waals surface area contributed by atoms with E-state index in [-0.39, 0.29) is 0 Å². The molecule has 0 atom stereocenters. The van der Waals surface area contributed by atoms with Gasteiger partial charge in [-0.2, -0.15) is 0 Å². The first-order valence-electron chi connectivity index (χ1n) is 4.51. The predicted molar refractivity (Wildman–Crippen MR) is 52.4 cm³/mol. The summed E-state index contributed by atoms with van der Waals surface area (Å²) in [6.07, 6.45) is 14.7. The molecule has 1 radical (unpaired) electrons. The smallest absolute Gasteiger partial charge is 0.0316 e. The van der Waals surface area contributed by atoms with Gasteiger partial charge in [-0.3, -0.25) is 0 Å². The Morgan fingerprint density at radius 1 is 1.00 bits per heavy atom. The van der Waals surface area contributed by atoms with Crippen molar-refractivity contribution in [1.82, 2.24) is 0 Å². The van der Waals surface area contributed by atoms with Crippen LogP contribution in [0.4, 0.5) is 0 Å². The highest BCUT2D eigenvalue weighted by atomic mass is 13.8. The molecule has 0 bridgehead atoms. The van der Waals surface area contributed by atoms with Gasteiger partial charge in [-0.25, -0.2) is 0 Å². The number of hydrogen-bond acceptors (Lipinski definition) is 0. The zero-order chi connectivity index (χ0) is 8.36. The summed E-state index contributed by atoms with van der Waals surface area (Å²) in [7, 11) is 0. The topological polar surface area (TPSA) is 0 Å². The third-order valence-corrected chi connectivity index (χ3v) is 1.56. The highest BCUT2D eigenvalue weighted by Gasteiger charge is 1.77. The molecule has 0 N–H and O–H groups in total. The lowest BCUT2D eigenvalue weighted by Gasteiger charge is -1.88. The fourth-order valence-corrected chi connectivity index (χ4v) is 0.868. The van der Waals surface area contributed by atoms with E-state index >= 15 is 0 Å². The van der Waals surface area contributed by atoms with Gasteiger partial charge in [0, 0.05) is 0 Å². The third-order valence-electron chi connectivity index (χ3n) is 1.56. The van der Waals surface area contributed by atoms with Gasteiger partial charge in [0.15, 0.2) is 0 Å². The highest BCUT2D eigenvalue weighted by molar-refractivity contribution is 4.88. The second-order valence-electron chi connectivity index (χ2n) is 2.66. The van der Waals surface area contributed by atoms with Gasteiger partial charge in [0.25, 0.3) is 0 Å². The van der Waals surface area contributed by atoms with E-state index in [4.69, 9.17) is 0 Å². The van der Waals surface area contributed by atoms with Crippen molar-refractivity contribution in [2.75, 3.05) is 0 Å². The van der Waals surface area contributed by atoms with E-state index in [1.54, 1.807) is 0 Å². The monoisotopic (exact) mass is 151 g/mol. The van der Waals surface area contributed by atoms with Crippen LogP contribution in [0, 0.1) is 6.92 Å². The summed E-state index contributed by atoms with van der Waals surface area (Å²) >= 11 is 0. The molecule has 0 aliphatic carbocycles. The molecule has 0 amide bonds. The summed E-state index contributed by atoms with van der Waals surface area (Å²) in [6, 6.07) is 0. The van der Waals surface area contributed by atoms with Crippen molar-refractivity contribution in [3.8, 4) is 0 Å². The first kappa shape index (κ1) is 10.5. The van der Waals surface area contributed by atoms with Crippen LogP contribution in [-0.4, -0.2) is 0 Å². The molecule has 0 nitrogen and oxygen atoms in total. The maximum atomic E-state index is 3.63. The van der Waals surface area contributed by atoms with E-state index in [0.717, 1.165) is 12.8 Å². The Labute approximate surface area is 71.0 Å². The molecule has 0 fully saturated rings. The van der Waals surface area contributed by atoms with E-state index < -0.39 is 0 Å². The number of allylic oxidation sites excluding steroid dienone is 4. The maximum absolute atomic E-state index is 3.63. The van der Waals surface area contributed by atoms with Crippen LogP contribution in [0.25, 0.3) is 0 Å². The lowest BCUT2D eigenvalue weighted by Crippen LogP contribution is -1.68. The van der Waals surface area contributed by atoms with E-state index in [9.17, 15) is 0 Å². The van der Waals surface area contributed by atoms with Crippen LogP contribution in [0.2, 0.25) is 0 Å². The normalized spacial score (nSPS) is 11.8. The minimum atomic E-state index is 1.13. The Bertz CT molecular complexity index is 109. The van der Waals surface area contributed by atoms with Crippen molar-refractivity contribution in [3.63, 3.8) is 0 Å². The van der Waals surface area contributed by atoms with Crippen LogP contribution in [-0.2, 0) is 0 Å². The Morgan fingerprint density at radius 2 is 1.64 bits per heavy atom. The number of hydrogen-bond donors (Lipinski definition) is 0. The average Bonchev–Trinajstić information content (AvgIpc) is 2.03. The summed E-state index contributed by atoms with van der Waals surface area (Å²) < 4.78 is 0. The molecule has 0 heteroatoms. The number of rotatable bonds is 6. The molecule has 0 saturated heterocycles. The quantitative estimate of drug-likeness (QED) is 0.399. The lowest BCUT2D eigenvalue weighted by atomic mass is 10.2. The molecule has 0 unspecified atom stereocenters. The molecule has 11 heavy (non-hydrogen) atoms. The van der Waals surface area contributed by atoms with Gasteiger partial charge in [0.05, 0.1) is 0 Å². The average molecular weight is 151 g/mol. The van der Waals surface area contributed by atoms with E-state index in [2.05, 4.69) is 32.1 Å². The van der Waals surface area contributed by atoms with Crippen molar-refractivity contribution in [2.45, 2.75) is 39.0 Å². The van der Waals surface area contributed by atoms with Crippen LogP contribution in [0.5, 0.6) is 0 Å². The summed E-state index contributed by atoms with van der Waals surface area (Å²) in [6.45, 7) is 5.85. The SMILES string of the molecule is [CH2]/C=C/CC/C=C/CCCC. The fraction of sp³-hybridized carbons (Fsp3) is 0.545. The van der Waals surface area contributed by atoms with Gasteiger partial charge in [0.1, 0.15) is 0 Å². The van der Waals surface area contributed by atoms with Gasteiger partial charge in [-0.15, -0.1) is 0 Å². The zero-order valence-corrected chi connectivity index (χ0v) is 7.55. The summed E-state index contributed by atoms with van der Waals surface area (Å²) in [4.78, 5) is 0. The van der Waals surface area contributed by atoms with Gasteiger partial charge >= 0.3 is 0 Å². The first-order valence-corrected chi connectivity index (χ1v) is 4.51. The Balaban J connectivity index is 3.03. The molecule has 0 aromatic rings. The second kappa shape index (κ2) is 9.48. The van der Waals surface area contributed by atoms with Crippen molar-refractivity contribution < 1.29 is 0 Å². The molecule has 0 aliphatic heterocycles. The van der Waals surface area contributed by atoms with Gasteiger partial charge in [-0.05, 0) is 26.2 Å². The lowest BCUT2D eigenvalue weighted by molar-refractivity contribution is 0.811. The Morgan fingerprint density at radius 3 is 2.27 bits per heavy atom. The molecular weight excluding hydrogens is 132 g/mol. The largest absolute Gasteiger partial charge is 0.0885 e. The molecule has 0 aromatic carbocycles. The molecule has 0 spiro atoms. The van der Waals surface area contributed by atoms with E-state index in [1.165, 1.54) is 19.3 Å². The fourth-order valence-electron chi connectivity index (χ4n) is 0.868. The van der Waals surface area contributed by atoms with E-state index in [1.807, 2.05) is 6.08 Å². The van der Waals surface area contributed by atoms with Crippen molar-refractivity contribution >= 4 is 0 Å². The zero-order valence-electron chi connectivity index (χ0n) is 7.55. The predicted octanol–water partition coefficient (Wildman–Crippen LogP) is 3.90. The minimum Gasteiger partial charge on any atom is -0.0885 e. The third kappa shape index (κ3) is 9.48. The molecular formula is C11H19. The first-order chi connectivity index (χ1) is 5.41. The summed E-state index contributed by atoms with van der Waals surface area (Å²) in [5.41, 5.74) is 0. The Hall–Kier alpha value is -0.520. The molecule has 0 aliphatic rings. The van der Waals surface area contributed by atoms with Crippen LogP contribution in [0.15, 0.2) is 24.3 Å². The summed E-state index contributed by atoms with van der Waals surface area (Å²) in [5, 5.41) is 0. The van der Waals surface area contributed by atoms with Crippen LogP contribution < -0.4 is 0 Å². The second-order valence-corrected chi connectivity index (χ2v) is 2.66. The number of unbranched alkanes of at least 4 members (excludes halogenated alkanes) is 3. The van der Waals surface area contributed by atoms with Crippen molar-refractivity contribution in [2.24, 2.45) is 0 Å². The molecule has 0 heterocycles. The van der Waals surface area contributed by atoms with Crippen LogP contribution in [0.3, 0.4) is 0 Å². The highest BCUT2D eigenvalue weighted by Crippen LogP contribution is 1.98. The van der Waals surface area contributed by atoms with Crippen molar-refractivity contribution in [1.29, 1.82) is 0 Å².